The van der Waals surface area contributed by atoms with E-state index in [0.717, 1.165) is 5.69 Å². The van der Waals surface area contributed by atoms with Crippen LogP contribution in [0, 0.1) is 0 Å². The molecule has 0 atom stereocenters. The van der Waals surface area contributed by atoms with Crippen LogP contribution in [0.25, 0.3) is 10.6 Å². The van der Waals surface area contributed by atoms with E-state index in [4.69, 9.17) is 11.6 Å². The maximum absolute atomic E-state index is 5.88. The smallest absolute Gasteiger partial charge is 0.115 e. The summed E-state index contributed by atoms with van der Waals surface area (Å²) in [5, 5.41) is 6.60. The normalized spacial score (nSPS) is 15.8. The summed E-state index contributed by atoms with van der Waals surface area (Å²) in [5.41, 5.74) is 2.36. The average Bonchev–Trinajstić information content (AvgIpc) is 2.83. The van der Waals surface area contributed by atoms with Crippen molar-refractivity contribution in [3.05, 3.63) is 29.3 Å². The van der Waals surface area contributed by atoms with Gasteiger partial charge in [0, 0.05) is 11.6 Å². The average molecular weight is 239 g/mol. The van der Waals surface area contributed by atoms with Crippen LogP contribution in [0.3, 0.4) is 0 Å². The second kappa shape index (κ2) is 3.65. The van der Waals surface area contributed by atoms with Crippen LogP contribution in [0.4, 0.5) is 0 Å². The Hall–Kier alpha value is -0.800. The number of nitrogens with zero attached hydrogens (tertiary/aromatic N) is 2. The lowest BCUT2D eigenvalue weighted by Crippen LogP contribution is -1.99. The largest absolute Gasteiger partial charge is 0.254 e. The van der Waals surface area contributed by atoms with Crippen molar-refractivity contribution < 1.29 is 0 Å². The fraction of sp³-hybridized carbons (Fsp3) is 0.364. The highest BCUT2D eigenvalue weighted by Crippen LogP contribution is 2.41. The first kappa shape index (κ1) is 9.43. The van der Waals surface area contributed by atoms with Gasteiger partial charge in [0.25, 0.3) is 0 Å². The molecule has 0 bridgehead atoms. The van der Waals surface area contributed by atoms with Gasteiger partial charge in [-0.05, 0) is 30.4 Å². The minimum Gasteiger partial charge on any atom is -0.254 e. The van der Waals surface area contributed by atoms with Gasteiger partial charge in [0.1, 0.15) is 11.7 Å². The van der Waals surface area contributed by atoms with Gasteiger partial charge in [-0.1, -0.05) is 6.07 Å². The van der Waals surface area contributed by atoms with Gasteiger partial charge in [-0.2, -0.15) is 5.10 Å². The van der Waals surface area contributed by atoms with Crippen molar-refractivity contribution >= 4 is 22.9 Å². The zero-order valence-corrected chi connectivity index (χ0v) is 9.76. The first-order valence-corrected chi connectivity index (χ1v) is 6.47. The van der Waals surface area contributed by atoms with Gasteiger partial charge in [0.2, 0.25) is 0 Å². The molecule has 1 aliphatic carbocycles. The maximum atomic E-state index is 5.88. The minimum absolute atomic E-state index is 0.456. The third-order valence-corrected chi connectivity index (χ3v) is 3.81. The van der Waals surface area contributed by atoms with E-state index in [9.17, 15) is 0 Å². The Labute approximate surface area is 97.5 Å². The van der Waals surface area contributed by atoms with Gasteiger partial charge in [-0.3, -0.25) is 4.68 Å². The monoisotopic (exact) mass is 238 g/mol. The molecule has 1 aliphatic rings. The summed E-state index contributed by atoms with van der Waals surface area (Å²) in [6, 6.07) is 6.79. The van der Waals surface area contributed by atoms with Crippen LogP contribution >= 0.6 is 22.9 Å². The van der Waals surface area contributed by atoms with Crippen molar-refractivity contribution in [2.75, 3.05) is 0 Å². The number of rotatable bonds is 3. The standard InChI is InChI=1S/C11H11ClN2S/c12-7-14-10(8-3-4-8)6-9(13-14)11-2-1-5-15-11/h1-2,5-6,8H,3-4,7H2. The quantitative estimate of drug-likeness (QED) is 0.746. The van der Waals surface area contributed by atoms with E-state index >= 15 is 0 Å². The van der Waals surface area contributed by atoms with Crippen molar-refractivity contribution in [1.82, 2.24) is 9.78 Å². The van der Waals surface area contributed by atoms with Crippen LogP contribution in [0.15, 0.2) is 23.6 Å². The third-order valence-electron chi connectivity index (χ3n) is 2.69. The van der Waals surface area contributed by atoms with Crippen LogP contribution in [0.2, 0.25) is 0 Å². The second-order valence-corrected chi connectivity index (χ2v) is 5.01. The summed E-state index contributed by atoms with van der Waals surface area (Å²) in [7, 11) is 0. The maximum Gasteiger partial charge on any atom is 0.115 e. The number of hydrogen-bond donors (Lipinski definition) is 0. The molecular weight excluding hydrogens is 228 g/mol. The van der Waals surface area contributed by atoms with Crippen LogP contribution in [0.1, 0.15) is 24.5 Å². The van der Waals surface area contributed by atoms with E-state index < -0.39 is 0 Å². The molecular formula is C11H11ClN2S. The summed E-state index contributed by atoms with van der Waals surface area (Å²) >= 11 is 7.60. The lowest BCUT2D eigenvalue weighted by Gasteiger charge is -1.99. The van der Waals surface area contributed by atoms with Crippen LogP contribution in [0.5, 0.6) is 0 Å². The highest BCUT2D eigenvalue weighted by molar-refractivity contribution is 7.13. The molecule has 0 amide bonds. The zero-order valence-electron chi connectivity index (χ0n) is 8.19. The first-order valence-electron chi connectivity index (χ1n) is 5.06. The van der Waals surface area contributed by atoms with E-state index in [1.165, 1.54) is 23.4 Å². The van der Waals surface area contributed by atoms with Crippen molar-refractivity contribution in [3.63, 3.8) is 0 Å². The molecule has 1 saturated carbocycles. The molecule has 1 fully saturated rings. The Bertz CT molecular complexity index is 457. The molecule has 0 aliphatic heterocycles. The summed E-state index contributed by atoms with van der Waals surface area (Å²) < 4.78 is 1.92. The van der Waals surface area contributed by atoms with Gasteiger partial charge in [-0.25, -0.2) is 0 Å². The van der Waals surface area contributed by atoms with Gasteiger partial charge < -0.3 is 0 Å². The van der Waals surface area contributed by atoms with E-state index in [0.29, 0.717) is 11.9 Å². The topological polar surface area (TPSA) is 17.8 Å². The van der Waals surface area contributed by atoms with E-state index in [1.54, 1.807) is 11.3 Å². The SMILES string of the molecule is ClCn1nc(-c2cccs2)cc1C1CC1. The molecule has 2 heterocycles. The van der Waals surface area contributed by atoms with E-state index in [-0.39, 0.29) is 0 Å². The predicted octanol–water partition coefficient (Wildman–Crippen LogP) is 3.69. The Kier molecular flexibility index (Phi) is 2.29. The summed E-state index contributed by atoms with van der Waals surface area (Å²) in [6.45, 7) is 0. The summed E-state index contributed by atoms with van der Waals surface area (Å²) in [6.07, 6.45) is 2.57. The molecule has 0 aromatic carbocycles. The Morgan fingerprint density at radius 3 is 3.00 bits per heavy atom. The van der Waals surface area contributed by atoms with E-state index in [1.807, 2.05) is 4.68 Å². The van der Waals surface area contributed by atoms with Crippen molar-refractivity contribution in [3.8, 4) is 10.6 Å². The van der Waals surface area contributed by atoms with Crippen LogP contribution in [-0.2, 0) is 6.00 Å². The van der Waals surface area contributed by atoms with Crippen molar-refractivity contribution in [2.45, 2.75) is 24.8 Å². The number of hydrogen-bond acceptors (Lipinski definition) is 2. The Morgan fingerprint density at radius 2 is 2.40 bits per heavy atom. The third kappa shape index (κ3) is 1.70. The lowest BCUT2D eigenvalue weighted by molar-refractivity contribution is 0.696. The molecule has 78 valence electrons. The lowest BCUT2D eigenvalue weighted by atomic mass is 10.2. The van der Waals surface area contributed by atoms with Gasteiger partial charge in [-0.15, -0.1) is 22.9 Å². The van der Waals surface area contributed by atoms with Gasteiger partial charge in [0.05, 0.1) is 4.88 Å². The molecule has 2 aromatic heterocycles. The van der Waals surface area contributed by atoms with Gasteiger partial charge in [0.15, 0.2) is 0 Å². The van der Waals surface area contributed by atoms with Crippen molar-refractivity contribution in [1.29, 1.82) is 0 Å². The summed E-state index contributed by atoms with van der Waals surface area (Å²) in [5.74, 6) is 0.699. The minimum atomic E-state index is 0.456. The predicted molar refractivity (Wildman–Crippen MR) is 63.4 cm³/mol. The van der Waals surface area contributed by atoms with Crippen LogP contribution in [-0.4, -0.2) is 9.78 Å². The highest BCUT2D eigenvalue weighted by Gasteiger charge is 2.28. The Balaban J connectivity index is 2.03. The number of alkyl halides is 1. The molecule has 0 spiro atoms. The molecule has 2 nitrogen and oxygen atoms in total. The molecule has 0 saturated heterocycles. The highest BCUT2D eigenvalue weighted by atomic mass is 35.5. The fourth-order valence-electron chi connectivity index (χ4n) is 1.78. The van der Waals surface area contributed by atoms with Crippen molar-refractivity contribution in [2.24, 2.45) is 0 Å². The molecule has 4 heteroatoms. The molecule has 3 rings (SSSR count). The van der Waals surface area contributed by atoms with Crippen LogP contribution < -0.4 is 0 Å². The first-order chi connectivity index (χ1) is 7.38. The number of thiophene rings is 1. The molecule has 2 aromatic rings. The molecule has 15 heavy (non-hydrogen) atoms. The molecule has 0 unspecified atom stereocenters. The Morgan fingerprint density at radius 1 is 1.53 bits per heavy atom. The number of halogens is 1. The molecule has 0 radical (unpaired) electrons. The van der Waals surface area contributed by atoms with E-state index in [2.05, 4.69) is 28.7 Å². The fourth-order valence-corrected chi connectivity index (χ4v) is 2.65. The van der Waals surface area contributed by atoms with Gasteiger partial charge >= 0.3 is 0 Å². The number of aromatic nitrogens is 2. The summed E-state index contributed by atoms with van der Waals surface area (Å²) in [4.78, 5) is 1.22. The second-order valence-electron chi connectivity index (χ2n) is 3.83. The molecule has 0 N–H and O–H groups in total. The zero-order chi connectivity index (χ0) is 10.3.